The molecule has 0 radical (unpaired) electrons. The van der Waals surface area contributed by atoms with Crippen LogP contribution in [0.1, 0.15) is 19.9 Å². The Balaban J connectivity index is 2.13. The highest BCUT2D eigenvalue weighted by atomic mass is 16.5. The molecule has 0 aliphatic heterocycles. The molecule has 0 saturated carbocycles. The summed E-state index contributed by atoms with van der Waals surface area (Å²) >= 11 is 0. The van der Waals surface area contributed by atoms with E-state index in [2.05, 4.69) is 29.2 Å². The summed E-state index contributed by atoms with van der Waals surface area (Å²) < 4.78 is 7.52. The predicted octanol–water partition coefficient (Wildman–Crippen LogP) is 2.69. The molecule has 0 amide bonds. The van der Waals surface area contributed by atoms with E-state index in [9.17, 15) is 0 Å². The highest BCUT2D eigenvalue weighted by Crippen LogP contribution is 2.23. The van der Waals surface area contributed by atoms with E-state index < -0.39 is 0 Å². The van der Waals surface area contributed by atoms with Crippen molar-refractivity contribution in [1.82, 2.24) is 14.8 Å². The molecule has 2 aromatic rings. The van der Waals surface area contributed by atoms with Gasteiger partial charge in [0.2, 0.25) is 0 Å². The molecule has 2 heterocycles. The monoisotopic (exact) mass is 232 g/mol. The lowest BCUT2D eigenvalue weighted by atomic mass is 10.4. The first-order chi connectivity index (χ1) is 8.19. The molecule has 0 aliphatic rings. The van der Waals surface area contributed by atoms with Crippen molar-refractivity contribution < 1.29 is 4.74 Å². The zero-order chi connectivity index (χ0) is 12.3. The number of rotatable bonds is 4. The van der Waals surface area contributed by atoms with Crippen molar-refractivity contribution in [1.29, 1.82) is 0 Å². The summed E-state index contributed by atoms with van der Waals surface area (Å²) in [5, 5.41) is 7.22. The minimum atomic E-state index is 0.328. The van der Waals surface area contributed by atoms with Gasteiger partial charge in [0, 0.05) is 19.2 Å². The third kappa shape index (κ3) is 2.75. The fourth-order valence-electron chi connectivity index (χ4n) is 1.40. The summed E-state index contributed by atoms with van der Waals surface area (Å²) in [4.78, 5) is 4.08. The second kappa shape index (κ2) is 4.86. The molecule has 5 heteroatoms. The Morgan fingerprint density at radius 2 is 2.06 bits per heavy atom. The van der Waals surface area contributed by atoms with Gasteiger partial charge in [-0.1, -0.05) is 0 Å². The van der Waals surface area contributed by atoms with Crippen LogP contribution < -0.4 is 10.1 Å². The number of nitrogens with one attached hydrogen (secondary N) is 1. The average molecular weight is 232 g/mol. The smallest absolute Gasteiger partial charge is 0.165 e. The van der Waals surface area contributed by atoms with Gasteiger partial charge in [-0.05, 0) is 13.8 Å². The fraction of sp³-hybridized carbons (Fsp3) is 0.333. The minimum absolute atomic E-state index is 0.328. The quantitative estimate of drug-likeness (QED) is 0.880. The molecule has 0 spiro atoms. The van der Waals surface area contributed by atoms with Gasteiger partial charge in [-0.3, -0.25) is 9.67 Å². The van der Waals surface area contributed by atoms with E-state index >= 15 is 0 Å². The van der Waals surface area contributed by atoms with Gasteiger partial charge in [0.15, 0.2) is 5.75 Å². The van der Waals surface area contributed by atoms with Gasteiger partial charge in [-0.2, -0.15) is 5.10 Å². The molecule has 17 heavy (non-hydrogen) atoms. The van der Waals surface area contributed by atoms with Gasteiger partial charge in [0.25, 0.3) is 0 Å². The topological polar surface area (TPSA) is 52.0 Å². The van der Waals surface area contributed by atoms with Crippen LogP contribution in [0.4, 0.5) is 5.69 Å². The lowest BCUT2D eigenvalue weighted by molar-refractivity contribution is 0.475. The summed E-state index contributed by atoms with van der Waals surface area (Å²) in [6.07, 6.45) is 6.99. The van der Waals surface area contributed by atoms with E-state index in [1.54, 1.807) is 18.6 Å². The molecule has 0 aliphatic carbocycles. The summed E-state index contributed by atoms with van der Waals surface area (Å²) in [7, 11) is 1.84. The Morgan fingerprint density at radius 3 is 2.71 bits per heavy atom. The van der Waals surface area contributed by atoms with Crippen molar-refractivity contribution in [3.63, 3.8) is 0 Å². The van der Waals surface area contributed by atoms with Gasteiger partial charge in [-0.25, -0.2) is 0 Å². The van der Waals surface area contributed by atoms with E-state index in [4.69, 9.17) is 4.74 Å². The average Bonchev–Trinajstić information content (AvgIpc) is 2.78. The summed E-state index contributed by atoms with van der Waals surface area (Å²) in [5.74, 6) is 1.41. The first-order valence-electron chi connectivity index (χ1n) is 5.54. The second-order valence-electron chi connectivity index (χ2n) is 4.01. The molecule has 90 valence electrons. The van der Waals surface area contributed by atoms with Gasteiger partial charge in [0.1, 0.15) is 5.75 Å². The Labute approximate surface area is 100 Å². The van der Waals surface area contributed by atoms with Gasteiger partial charge in [0.05, 0.1) is 30.5 Å². The van der Waals surface area contributed by atoms with Crippen molar-refractivity contribution in [2.45, 2.75) is 19.9 Å². The van der Waals surface area contributed by atoms with E-state index in [0.717, 1.165) is 5.69 Å². The number of nitrogens with zero attached hydrogens (tertiary/aromatic N) is 3. The van der Waals surface area contributed by atoms with Crippen LogP contribution >= 0.6 is 0 Å². The third-order valence-corrected chi connectivity index (χ3v) is 2.34. The van der Waals surface area contributed by atoms with Gasteiger partial charge in [-0.15, -0.1) is 0 Å². The minimum Gasteiger partial charge on any atom is -0.452 e. The van der Waals surface area contributed by atoms with Crippen molar-refractivity contribution in [3.8, 4) is 11.5 Å². The Kier molecular flexibility index (Phi) is 3.27. The van der Waals surface area contributed by atoms with Crippen LogP contribution in [0.15, 0.2) is 30.9 Å². The third-order valence-electron chi connectivity index (χ3n) is 2.34. The van der Waals surface area contributed by atoms with Crippen LogP contribution in [-0.2, 0) is 0 Å². The van der Waals surface area contributed by atoms with Crippen LogP contribution in [0, 0.1) is 0 Å². The molecular weight excluding hydrogens is 216 g/mol. The van der Waals surface area contributed by atoms with Crippen molar-refractivity contribution in [2.24, 2.45) is 0 Å². The Hall–Kier alpha value is -2.04. The zero-order valence-electron chi connectivity index (χ0n) is 10.2. The van der Waals surface area contributed by atoms with E-state index in [1.165, 1.54) is 0 Å². The molecule has 0 atom stereocenters. The molecule has 1 N–H and O–H groups in total. The van der Waals surface area contributed by atoms with Crippen molar-refractivity contribution in [3.05, 3.63) is 30.9 Å². The van der Waals surface area contributed by atoms with Gasteiger partial charge >= 0.3 is 0 Å². The number of ether oxygens (including phenoxy) is 1. The maximum Gasteiger partial charge on any atom is 0.165 e. The van der Waals surface area contributed by atoms with Crippen molar-refractivity contribution in [2.75, 3.05) is 12.4 Å². The Bertz CT molecular complexity index is 493. The number of pyridine rings is 1. The predicted molar refractivity (Wildman–Crippen MR) is 66.5 cm³/mol. The molecule has 0 unspecified atom stereocenters. The molecule has 5 nitrogen and oxygen atoms in total. The van der Waals surface area contributed by atoms with E-state index in [-0.39, 0.29) is 0 Å². The fourth-order valence-corrected chi connectivity index (χ4v) is 1.40. The number of hydrogen-bond acceptors (Lipinski definition) is 4. The first kappa shape index (κ1) is 11.4. The lowest BCUT2D eigenvalue weighted by Crippen LogP contribution is -1.99. The second-order valence-corrected chi connectivity index (χ2v) is 4.01. The number of hydrogen-bond donors (Lipinski definition) is 1. The highest BCUT2D eigenvalue weighted by Gasteiger charge is 2.04. The standard InChI is InChI=1S/C12H16N4O/c1-9(2)16-8-12(7-15-16)17-11-4-10(13-3)5-14-6-11/h4-9,13H,1-3H3. The summed E-state index contributed by atoms with van der Waals surface area (Å²) in [5.41, 5.74) is 0.916. The van der Waals surface area contributed by atoms with Crippen LogP contribution in [0.3, 0.4) is 0 Å². The van der Waals surface area contributed by atoms with Crippen LogP contribution in [0.5, 0.6) is 11.5 Å². The van der Waals surface area contributed by atoms with E-state index in [0.29, 0.717) is 17.5 Å². The molecule has 0 bridgehead atoms. The van der Waals surface area contributed by atoms with Crippen LogP contribution in [0.2, 0.25) is 0 Å². The molecule has 2 aromatic heterocycles. The highest BCUT2D eigenvalue weighted by molar-refractivity contribution is 5.45. The SMILES string of the molecule is CNc1cncc(Oc2cnn(C(C)C)c2)c1. The van der Waals surface area contributed by atoms with Crippen LogP contribution in [-0.4, -0.2) is 21.8 Å². The zero-order valence-corrected chi connectivity index (χ0v) is 10.2. The summed E-state index contributed by atoms with van der Waals surface area (Å²) in [6.45, 7) is 4.14. The van der Waals surface area contributed by atoms with Gasteiger partial charge < -0.3 is 10.1 Å². The maximum absolute atomic E-state index is 5.67. The lowest BCUT2D eigenvalue weighted by Gasteiger charge is -2.05. The van der Waals surface area contributed by atoms with Crippen LogP contribution in [0.25, 0.3) is 0 Å². The van der Waals surface area contributed by atoms with E-state index in [1.807, 2.05) is 24.0 Å². The normalized spacial score (nSPS) is 10.6. The molecule has 2 rings (SSSR count). The maximum atomic E-state index is 5.67. The molecular formula is C12H16N4O. The largest absolute Gasteiger partial charge is 0.452 e. The summed E-state index contributed by atoms with van der Waals surface area (Å²) in [6, 6.07) is 2.22. The van der Waals surface area contributed by atoms with Crippen molar-refractivity contribution >= 4 is 5.69 Å². The first-order valence-corrected chi connectivity index (χ1v) is 5.54. The number of aromatic nitrogens is 3. The molecule has 0 fully saturated rings. The molecule has 0 saturated heterocycles. The Morgan fingerprint density at radius 1 is 1.24 bits per heavy atom. The molecule has 0 aromatic carbocycles. The number of anilines is 1.